The van der Waals surface area contributed by atoms with Gasteiger partial charge in [0.25, 0.3) is 0 Å². The minimum Gasteiger partial charge on any atom is -0.296 e. The number of aromatic nitrogens is 2. The summed E-state index contributed by atoms with van der Waals surface area (Å²) in [6.45, 7) is -0.253. The molecule has 0 aliphatic heterocycles. The van der Waals surface area contributed by atoms with Crippen molar-refractivity contribution in [1.29, 1.82) is 0 Å². The first-order valence-corrected chi connectivity index (χ1v) is 3.56. The minimum atomic E-state index is -4.19. The summed E-state index contributed by atoms with van der Waals surface area (Å²) in [4.78, 5) is 10.1. The van der Waals surface area contributed by atoms with Crippen molar-refractivity contribution < 1.29 is 18.0 Å². The van der Waals surface area contributed by atoms with Gasteiger partial charge in [0.15, 0.2) is 6.29 Å². The van der Waals surface area contributed by atoms with Crippen LogP contribution in [0.15, 0.2) is 12.3 Å². The normalized spacial score (nSPS) is 11.6. The Bertz CT molecular complexity index is 292. The number of carbonyl (C=O) groups is 1. The van der Waals surface area contributed by atoms with E-state index < -0.39 is 12.6 Å². The highest BCUT2D eigenvalue weighted by atomic mass is 19.4. The van der Waals surface area contributed by atoms with Crippen LogP contribution in [0.3, 0.4) is 0 Å². The zero-order valence-electron chi connectivity index (χ0n) is 6.58. The van der Waals surface area contributed by atoms with Crippen LogP contribution in [-0.2, 0) is 6.54 Å². The molecule has 72 valence electrons. The van der Waals surface area contributed by atoms with Gasteiger partial charge in [0.2, 0.25) is 0 Å². The van der Waals surface area contributed by atoms with Gasteiger partial charge in [0.1, 0.15) is 5.69 Å². The van der Waals surface area contributed by atoms with E-state index in [1.165, 1.54) is 12.3 Å². The minimum absolute atomic E-state index is 0.141. The zero-order valence-corrected chi connectivity index (χ0v) is 6.58. The predicted molar refractivity (Wildman–Crippen MR) is 38.3 cm³/mol. The second-order valence-electron chi connectivity index (χ2n) is 2.49. The first kappa shape index (κ1) is 9.76. The standard InChI is InChI=1S/C7H7F3N2O/c8-7(9,10)2-4-12-3-1-6(5-13)11-12/h1,3,5H,2,4H2. The molecule has 1 aromatic heterocycles. The van der Waals surface area contributed by atoms with Crippen LogP contribution in [0, 0.1) is 0 Å². The molecular formula is C7H7F3N2O. The Labute approximate surface area is 72.2 Å². The third-order valence-corrected chi connectivity index (χ3v) is 1.41. The molecule has 0 amide bonds. The van der Waals surface area contributed by atoms with Gasteiger partial charge in [0.05, 0.1) is 6.42 Å². The Morgan fingerprint density at radius 3 is 2.69 bits per heavy atom. The third kappa shape index (κ3) is 3.27. The van der Waals surface area contributed by atoms with Crippen LogP contribution < -0.4 is 0 Å². The summed E-state index contributed by atoms with van der Waals surface area (Å²) in [5.74, 6) is 0. The molecule has 0 atom stereocenters. The number of hydrogen-bond acceptors (Lipinski definition) is 2. The maximum absolute atomic E-state index is 11.7. The van der Waals surface area contributed by atoms with E-state index in [2.05, 4.69) is 5.10 Å². The van der Waals surface area contributed by atoms with Gasteiger partial charge < -0.3 is 0 Å². The van der Waals surface area contributed by atoms with Crippen molar-refractivity contribution in [3.63, 3.8) is 0 Å². The number of aldehydes is 1. The van der Waals surface area contributed by atoms with Crippen LogP contribution in [0.2, 0.25) is 0 Å². The van der Waals surface area contributed by atoms with Crippen LogP contribution in [0.25, 0.3) is 0 Å². The number of alkyl halides is 3. The fourth-order valence-corrected chi connectivity index (χ4v) is 0.806. The van der Waals surface area contributed by atoms with Gasteiger partial charge in [-0.25, -0.2) is 0 Å². The van der Waals surface area contributed by atoms with Gasteiger partial charge in [-0.2, -0.15) is 18.3 Å². The average Bonchev–Trinajstić information content (AvgIpc) is 2.47. The number of halogens is 3. The number of rotatable bonds is 3. The molecule has 0 N–H and O–H groups in total. The van der Waals surface area contributed by atoms with Crippen molar-refractivity contribution in [2.45, 2.75) is 19.1 Å². The molecule has 13 heavy (non-hydrogen) atoms. The van der Waals surface area contributed by atoms with Crippen molar-refractivity contribution in [1.82, 2.24) is 9.78 Å². The summed E-state index contributed by atoms with van der Waals surface area (Å²) in [5, 5.41) is 3.58. The molecule has 0 unspecified atom stereocenters. The van der Waals surface area contributed by atoms with Crippen molar-refractivity contribution in [2.24, 2.45) is 0 Å². The smallest absolute Gasteiger partial charge is 0.296 e. The van der Waals surface area contributed by atoms with E-state index in [-0.39, 0.29) is 12.2 Å². The van der Waals surface area contributed by atoms with E-state index in [0.717, 1.165) is 4.68 Å². The van der Waals surface area contributed by atoms with Gasteiger partial charge >= 0.3 is 6.18 Å². The molecule has 1 aromatic rings. The Kier molecular flexibility index (Phi) is 2.69. The maximum Gasteiger partial charge on any atom is 0.390 e. The molecule has 1 heterocycles. The van der Waals surface area contributed by atoms with Crippen molar-refractivity contribution in [2.75, 3.05) is 0 Å². The summed E-state index contributed by atoms with van der Waals surface area (Å²) < 4.78 is 36.3. The molecule has 0 bridgehead atoms. The summed E-state index contributed by atoms with van der Waals surface area (Å²) >= 11 is 0. The Hall–Kier alpha value is -1.33. The summed E-state index contributed by atoms with van der Waals surface area (Å²) in [6.07, 6.45) is -3.29. The quantitative estimate of drug-likeness (QED) is 0.682. The number of carbonyl (C=O) groups excluding carboxylic acids is 1. The van der Waals surface area contributed by atoms with E-state index in [0.29, 0.717) is 6.29 Å². The first-order valence-electron chi connectivity index (χ1n) is 3.56. The van der Waals surface area contributed by atoms with Gasteiger partial charge in [-0.15, -0.1) is 0 Å². The van der Waals surface area contributed by atoms with Crippen molar-refractivity contribution in [3.05, 3.63) is 18.0 Å². The van der Waals surface area contributed by atoms with E-state index in [4.69, 9.17) is 0 Å². The molecule has 0 saturated carbocycles. The number of hydrogen-bond donors (Lipinski definition) is 0. The van der Waals surface area contributed by atoms with Crippen LogP contribution in [0.1, 0.15) is 16.9 Å². The lowest BCUT2D eigenvalue weighted by Gasteiger charge is -2.05. The zero-order chi connectivity index (χ0) is 9.90. The molecule has 0 spiro atoms. The topological polar surface area (TPSA) is 34.9 Å². The van der Waals surface area contributed by atoms with Crippen molar-refractivity contribution >= 4 is 6.29 Å². The summed E-state index contributed by atoms with van der Waals surface area (Å²) in [7, 11) is 0. The molecule has 6 heteroatoms. The highest BCUT2D eigenvalue weighted by molar-refractivity contribution is 5.71. The molecule has 3 nitrogen and oxygen atoms in total. The number of aryl methyl sites for hydroxylation is 1. The Morgan fingerprint density at radius 1 is 1.54 bits per heavy atom. The lowest BCUT2D eigenvalue weighted by atomic mass is 10.4. The van der Waals surface area contributed by atoms with Crippen LogP contribution in [0.4, 0.5) is 13.2 Å². The van der Waals surface area contributed by atoms with E-state index in [1.54, 1.807) is 0 Å². The van der Waals surface area contributed by atoms with Gasteiger partial charge in [-0.1, -0.05) is 0 Å². The predicted octanol–water partition coefficient (Wildman–Crippen LogP) is 1.65. The number of nitrogens with zero attached hydrogens (tertiary/aromatic N) is 2. The van der Waals surface area contributed by atoms with Crippen LogP contribution in [-0.4, -0.2) is 22.2 Å². The van der Waals surface area contributed by atoms with E-state index in [1.807, 2.05) is 0 Å². The third-order valence-electron chi connectivity index (χ3n) is 1.41. The molecule has 0 aliphatic carbocycles. The molecule has 0 aromatic carbocycles. The average molecular weight is 192 g/mol. The van der Waals surface area contributed by atoms with Gasteiger partial charge in [0, 0.05) is 12.7 Å². The SMILES string of the molecule is O=Cc1ccn(CCC(F)(F)F)n1. The molecule has 1 rings (SSSR count). The second kappa shape index (κ2) is 3.59. The lowest BCUT2D eigenvalue weighted by Crippen LogP contribution is -2.12. The monoisotopic (exact) mass is 192 g/mol. The summed E-state index contributed by atoms with van der Waals surface area (Å²) in [6, 6.07) is 1.36. The molecule has 0 radical (unpaired) electrons. The van der Waals surface area contributed by atoms with Crippen LogP contribution in [0.5, 0.6) is 0 Å². The highest BCUT2D eigenvalue weighted by Crippen LogP contribution is 2.19. The van der Waals surface area contributed by atoms with E-state index in [9.17, 15) is 18.0 Å². The van der Waals surface area contributed by atoms with Crippen molar-refractivity contribution in [3.8, 4) is 0 Å². The molecule has 0 fully saturated rings. The molecule has 0 aliphatic rings. The van der Waals surface area contributed by atoms with Crippen LogP contribution >= 0.6 is 0 Å². The largest absolute Gasteiger partial charge is 0.390 e. The molecular weight excluding hydrogens is 185 g/mol. The fraction of sp³-hybridized carbons (Fsp3) is 0.429. The summed E-state index contributed by atoms with van der Waals surface area (Å²) in [5.41, 5.74) is 0.141. The van der Waals surface area contributed by atoms with Gasteiger partial charge in [-0.3, -0.25) is 9.48 Å². The second-order valence-corrected chi connectivity index (χ2v) is 2.49. The van der Waals surface area contributed by atoms with E-state index >= 15 is 0 Å². The lowest BCUT2D eigenvalue weighted by molar-refractivity contribution is -0.137. The van der Waals surface area contributed by atoms with Gasteiger partial charge in [-0.05, 0) is 6.07 Å². The first-order chi connectivity index (χ1) is 6.01. The highest BCUT2D eigenvalue weighted by Gasteiger charge is 2.26. The fourth-order valence-electron chi connectivity index (χ4n) is 0.806. The molecule has 0 saturated heterocycles. The Balaban J connectivity index is 2.50. The maximum atomic E-state index is 11.7. The Morgan fingerprint density at radius 2 is 2.23 bits per heavy atom.